The summed E-state index contributed by atoms with van der Waals surface area (Å²) in [4.78, 5) is 14.5. The van der Waals surface area contributed by atoms with Crippen LogP contribution in [0, 0.1) is 11.6 Å². The van der Waals surface area contributed by atoms with E-state index in [0.29, 0.717) is 47.5 Å². The van der Waals surface area contributed by atoms with Gasteiger partial charge in [0.05, 0.1) is 11.3 Å². The maximum absolute atomic E-state index is 14.0. The monoisotopic (exact) mass is 327 g/mol. The maximum atomic E-state index is 14.0. The van der Waals surface area contributed by atoms with Crippen molar-refractivity contribution in [3.63, 3.8) is 0 Å². The fourth-order valence-corrected chi connectivity index (χ4v) is 3.24. The molecule has 1 amide bonds. The van der Waals surface area contributed by atoms with Crippen LogP contribution in [0.5, 0.6) is 5.75 Å². The molecule has 4 rings (SSSR count). The molecule has 0 spiro atoms. The molecule has 24 heavy (non-hydrogen) atoms. The molecule has 122 valence electrons. The van der Waals surface area contributed by atoms with Gasteiger partial charge in [-0.25, -0.2) is 8.78 Å². The topological polar surface area (TPSA) is 29.5 Å². The van der Waals surface area contributed by atoms with Crippen molar-refractivity contribution in [3.8, 4) is 5.75 Å². The van der Waals surface area contributed by atoms with Crippen molar-refractivity contribution in [1.82, 2.24) is 0 Å². The summed E-state index contributed by atoms with van der Waals surface area (Å²) < 4.78 is 32.9. The first-order valence-corrected chi connectivity index (χ1v) is 7.85. The Balaban J connectivity index is 1.70. The molecule has 0 saturated carbocycles. The van der Waals surface area contributed by atoms with Crippen LogP contribution in [-0.4, -0.2) is 19.1 Å². The third-order valence-corrected chi connectivity index (χ3v) is 4.40. The predicted molar refractivity (Wildman–Crippen MR) is 86.9 cm³/mol. The molecule has 2 aromatic rings. The molecule has 5 heteroatoms. The van der Waals surface area contributed by atoms with E-state index in [1.54, 1.807) is 29.2 Å². The number of anilines is 1. The van der Waals surface area contributed by atoms with E-state index in [9.17, 15) is 13.6 Å². The summed E-state index contributed by atoms with van der Waals surface area (Å²) in [5.74, 6) is -0.339. The minimum Gasteiger partial charge on any atom is -0.488 e. The zero-order valence-electron chi connectivity index (χ0n) is 12.9. The number of hydrogen-bond acceptors (Lipinski definition) is 2. The van der Waals surface area contributed by atoms with Crippen molar-refractivity contribution >= 4 is 17.7 Å². The van der Waals surface area contributed by atoms with Gasteiger partial charge in [-0.15, -0.1) is 0 Å². The number of halogens is 2. The Morgan fingerprint density at radius 2 is 2.04 bits per heavy atom. The van der Waals surface area contributed by atoms with Crippen LogP contribution < -0.4 is 9.64 Å². The van der Waals surface area contributed by atoms with Crippen LogP contribution in [0.2, 0.25) is 0 Å². The standard InChI is InChI=1S/C19H15F2NO2/c20-14-6-7-18-12(10-14)9-13(11-24-18)19(23)22-8-2-3-15-16(21)4-1-5-17(15)22/h1,4-7,9-10H,2-3,8,11H2. The maximum Gasteiger partial charge on any atom is 0.257 e. The van der Waals surface area contributed by atoms with Gasteiger partial charge in [0.2, 0.25) is 0 Å². The van der Waals surface area contributed by atoms with Crippen molar-refractivity contribution in [2.45, 2.75) is 12.8 Å². The SMILES string of the molecule is O=C(C1=Cc2cc(F)ccc2OC1)N1CCCc2c(F)cccc21. The normalized spacial score (nSPS) is 15.9. The van der Waals surface area contributed by atoms with E-state index in [1.165, 1.54) is 18.2 Å². The summed E-state index contributed by atoms with van der Waals surface area (Å²) in [6.45, 7) is 0.654. The van der Waals surface area contributed by atoms with Gasteiger partial charge in [-0.05, 0) is 49.2 Å². The zero-order valence-corrected chi connectivity index (χ0v) is 12.9. The Labute approximate surface area is 138 Å². The lowest BCUT2D eigenvalue weighted by molar-refractivity contribution is -0.115. The molecule has 3 nitrogen and oxygen atoms in total. The fourth-order valence-electron chi connectivity index (χ4n) is 3.24. The molecule has 2 aliphatic rings. The van der Waals surface area contributed by atoms with E-state index in [0.717, 1.165) is 0 Å². The highest BCUT2D eigenvalue weighted by Gasteiger charge is 2.28. The molecule has 0 saturated heterocycles. The second kappa shape index (κ2) is 5.74. The summed E-state index contributed by atoms with van der Waals surface area (Å²) >= 11 is 0. The van der Waals surface area contributed by atoms with Gasteiger partial charge in [0.15, 0.2) is 0 Å². The fraction of sp³-hybridized carbons (Fsp3) is 0.211. The Bertz CT molecular complexity index is 860. The Kier molecular flexibility index (Phi) is 3.56. The number of rotatable bonds is 1. The lowest BCUT2D eigenvalue weighted by atomic mass is 9.99. The van der Waals surface area contributed by atoms with Gasteiger partial charge >= 0.3 is 0 Å². The van der Waals surface area contributed by atoms with Gasteiger partial charge in [-0.1, -0.05) is 6.07 Å². The highest BCUT2D eigenvalue weighted by Crippen LogP contribution is 2.32. The van der Waals surface area contributed by atoms with E-state index in [2.05, 4.69) is 0 Å². The van der Waals surface area contributed by atoms with Gasteiger partial charge in [0.25, 0.3) is 5.91 Å². The van der Waals surface area contributed by atoms with Crippen LogP contribution in [0.4, 0.5) is 14.5 Å². The Morgan fingerprint density at radius 3 is 2.92 bits per heavy atom. The first-order chi connectivity index (χ1) is 11.6. The van der Waals surface area contributed by atoms with Crippen molar-refractivity contribution in [2.75, 3.05) is 18.1 Å². The molecule has 2 aromatic carbocycles. The van der Waals surface area contributed by atoms with Crippen molar-refractivity contribution in [3.05, 3.63) is 64.7 Å². The van der Waals surface area contributed by atoms with Crippen LogP contribution in [-0.2, 0) is 11.2 Å². The molecule has 2 aliphatic heterocycles. The number of hydrogen-bond donors (Lipinski definition) is 0. The molecular weight excluding hydrogens is 312 g/mol. The molecule has 0 bridgehead atoms. The van der Waals surface area contributed by atoms with E-state index >= 15 is 0 Å². The van der Waals surface area contributed by atoms with Crippen molar-refractivity contribution in [1.29, 1.82) is 0 Å². The minimum absolute atomic E-state index is 0.124. The number of carbonyl (C=O) groups is 1. The van der Waals surface area contributed by atoms with Crippen molar-refractivity contribution in [2.24, 2.45) is 0 Å². The summed E-state index contributed by atoms with van der Waals surface area (Å²) in [6.07, 6.45) is 2.98. The first-order valence-electron chi connectivity index (χ1n) is 7.85. The largest absolute Gasteiger partial charge is 0.488 e. The second-order valence-corrected chi connectivity index (χ2v) is 5.94. The summed E-state index contributed by atoms with van der Waals surface area (Å²) in [5, 5.41) is 0. The number of fused-ring (bicyclic) bond motifs is 2. The molecule has 0 aromatic heterocycles. The van der Waals surface area contributed by atoms with Gasteiger partial charge in [-0.2, -0.15) is 0 Å². The van der Waals surface area contributed by atoms with Crippen molar-refractivity contribution < 1.29 is 18.3 Å². The van der Waals surface area contributed by atoms with E-state index in [-0.39, 0.29) is 24.1 Å². The Hall–Kier alpha value is -2.69. The predicted octanol–water partition coefficient (Wildman–Crippen LogP) is 3.72. The van der Waals surface area contributed by atoms with E-state index in [1.807, 2.05) is 0 Å². The second-order valence-electron chi connectivity index (χ2n) is 5.94. The van der Waals surface area contributed by atoms with E-state index in [4.69, 9.17) is 4.74 Å². The van der Waals surface area contributed by atoms with Gasteiger partial charge in [0.1, 0.15) is 24.0 Å². The average Bonchev–Trinajstić information content (AvgIpc) is 2.60. The average molecular weight is 327 g/mol. The highest BCUT2D eigenvalue weighted by atomic mass is 19.1. The van der Waals surface area contributed by atoms with Crippen LogP contribution in [0.1, 0.15) is 17.5 Å². The molecule has 0 radical (unpaired) electrons. The van der Waals surface area contributed by atoms with Crippen LogP contribution in [0.25, 0.3) is 6.08 Å². The molecule has 0 fully saturated rings. The minimum atomic E-state index is -0.382. The molecule has 0 unspecified atom stereocenters. The van der Waals surface area contributed by atoms with E-state index < -0.39 is 0 Å². The van der Waals surface area contributed by atoms with Gasteiger partial charge in [-0.3, -0.25) is 4.79 Å². The molecule has 0 N–H and O–H groups in total. The summed E-state index contributed by atoms with van der Waals surface area (Å²) in [6, 6.07) is 8.99. The number of ether oxygens (including phenoxy) is 1. The smallest absolute Gasteiger partial charge is 0.257 e. The van der Waals surface area contributed by atoms with Crippen LogP contribution in [0.3, 0.4) is 0 Å². The lowest BCUT2D eigenvalue weighted by Gasteiger charge is -2.31. The number of benzene rings is 2. The molecular formula is C19H15F2NO2. The summed E-state index contributed by atoms with van der Waals surface area (Å²) in [5.41, 5.74) is 2.16. The van der Waals surface area contributed by atoms with Crippen LogP contribution in [0.15, 0.2) is 42.0 Å². The number of carbonyl (C=O) groups excluding carboxylic acids is 1. The molecule has 0 atom stereocenters. The summed E-state index contributed by atoms with van der Waals surface area (Å²) in [7, 11) is 0. The molecule has 0 aliphatic carbocycles. The number of nitrogens with zero attached hydrogens (tertiary/aromatic N) is 1. The van der Waals surface area contributed by atoms with Crippen LogP contribution >= 0.6 is 0 Å². The number of amides is 1. The lowest BCUT2D eigenvalue weighted by Crippen LogP contribution is -2.38. The highest BCUT2D eigenvalue weighted by molar-refractivity contribution is 6.09. The quantitative estimate of drug-likeness (QED) is 0.799. The zero-order chi connectivity index (χ0) is 16.7. The molecule has 2 heterocycles. The van der Waals surface area contributed by atoms with Gasteiger partial charge in [0, 0.05) is 17.7 Å². The third-order valence-electron chi connectivity index (χ3n) is 4.40. The van der Waals surface area contributed by atoms with Gasteiger partial charge < -0.3 is 9.64 Å². The Morgan fingerprint density at radius 1 is 1.17 bits per heavy atom. The first kappa shape index (κ1) is 14.9. The third kappa shape index (κ3) is 2.46.